The Morgan fingerprint density at radius 1 is 0.935 bits per heavy atom. The highest BCUT2D eigenvalue weighted by Crippen LogP contribution is 2.35. The van der Waals surface area contributed by atoms with E-state index in [9.17, 15) is 24.6 Å². The van der Waals surface area contributed by atoms with Crippen molar-refractivity contribution in [1.29, 1.82) is 0 Å². The number of hydrogen-bond acceptors (Lipinski definition) is 8. The van der Waals surface area contributed by atoms with E-state index in [1.807, 2.05) is 0 Å². The molecule has 1 aliphatic heterocycles. The zero-order valence-electron chi connectivity index (χ0n) is 17.8. The molecular formula is C20H29N3O8. The van der Waals surface area contributed by atoms with Gasteiger partial charge in [-0.15, -0.1) is 0 Å². The van der Waals surface area contributed by atoms with E-state index in [0.29, 0.717) is 22.4 Å². The van der Waals surface area contributed by atoms with Crippen LogP contribution in [0, 0.1) is 20.8 Å². The highest BCUT2D eigenvalue weighted by molar-refractivity contribution is 6.08. The Morgan fingerprint density at radius 3 is 1.74 bits per heavy atom. The molecule has 2 rings (SSSR count). The Bertz CT molecular complexity index is 804. The van der Waals surface area contributed by atoms with Crippen LogP contribution in [-0.4, -0.2) is 90.0 Å². The predicted molar refractivity (Wildman–Crippen MR) is 110 cm³/mol. The monoisotopic (exact) mass is 439 g/mol. The largest absolute Gasteiger partial charge is 0.394 e. The maximum absolute atomic E-state index is 12.9. The average Bonchev–Trinajstić information content (AvgIpc) is 3.15. The van der Waals surface area contributed by atoms with Gasteiger partial charge >= 0.3 is 0 Å². The zero-order valence-corrected chi connectivity index (χ0v) is 17.8. The van der Waals surface area contributed by atoms with Crippen LogP contribution in [0.4, 0.5) is 5.69 Å². The summed E-state index contributed by atoms with van der Waals surface area (Å²) >= 11 is 0. The second kappa shape index (κ2) is 10.6. The number of aliphatic hydroxyl groups is 4. The fourth-order valence-corrected chi connectivity index (χ4v) is 3.58. The maximum atomic E-state index is 12.9. The zero-order chi connectivity index (χ0) is 23.3. The van der Waals surface area contributed by atoms with Crippen LogP contribution < -0.4 is 15.5 Å². The van der Waals surface area contributed by atoms with Gasteiger partial charge < -0.3 is 35.8 Å². The molecule has 1 saturated heterocycles. The number of hydrogen-bond donors (Lipinski definition) is 6. The Hall–Kier alpha value is -2.57. The lowest BCUT2D eigenvalue weighted by atomic mass is 9.89. The summed E-state index contributed by atoms with van der Waals surface area (Å²) in [5, 5.41) is 42.1. The first kappa shape index (κ1) is 24.7. The number of nitrogens with zero attached hydrogens (tertiary/aromatic N) is 1. The van der Waals surface area contributed by atoms with Crippen molar-refractivity contribution in [2.24, 2.45) is 0 Å². The topological polar surface area (TPSA) is 169 Å². The lowest BCUT2D eigenvalue weighted by Gasteiger charge is -2.26. The summed E-state index contributed by atoms with van der Waals surface area (Å²) in [5.41, 5.74) is 1.93. The van der Waals surface area contributed by atoms with Crippen LogP contribution in [0.3, 0.4) is 0 Å². The molecule has 1 fully saturated rings. The Morgan fingerprint density at radius 2 is 1.39 bits per heavy atom. The number of anilines is 1. The smallest absolute Gasteiger partial charge is 0.254 e. The molecule has 3 amide bonds. The number of ether oxygens (including phenoxy) is 1. The molecule has 2 atom stereocenters. The molecule has 6 N–H and O–H groups in total. The summed E-state index contributed by atoms with van der Waals surface area (Å²) in [6.45, 7) is 3.27. The molecule has 0 spiro atoms. The summed E-state index contributed by atoms with van der Waals surface area (Å²) in [5.74, 6) is -1.49. The summed E-state index contributed by atoms with van der Waals surface area (Å²) in [6.07, 6.45) is -2.29. The van der Waals surface area contributed by atoms with Crippen LogP contribution in [0.15, 0.2) is 0 Å². The molecule has 11 nitrogen and oxygen atoms in total. The quantitative estimate of drug-likeness (QED) is 0.259. The van der Waals surface area contributed by atoms with Gasteiger partial charge in [0.2, 0.25) is 0 Å². The first-order valence-corrected chi connectivity index (χ1v) is 9.80. The van der Waals surface area contributed by atoms with Gasteiger partial charge in [-0.2, -0.15) is 0 Å². The van der Waals surface area contributed by atoms with Crippen molar-refractivity contribution in [2.75, 3.05) is 44.5 Å². The molecule has 1 aliphatic rings. The van der Waals surface area contributed by atoms with Gasteiger partial charge in [0.25, 0.3) is 17.7 Å². The van der Waals surface area contributed by atoms with Gasteiger partial charge in [-0.1, -0.05) is 0 Å². The van der Waals surface area contributed by atoms with E-state index >= 15 is 0 Å². The van der Waals surface area contributed by atoms with E-state index in [1.165, 1.54) is 4.90 Å². The third-order valence-corrected chi connectivity index (χ3v) is 5.10. The summed E-state index contributed by atoms with van der Waals surface area (Å²) in [7, 11) is 0. The molecule has 0 radical (unpaired) electrons. The van der Waals surface area contributed by atoms with Crippen molar-refractivity contribution < 1.29 is 39.5 Å². The van der Waals surface area contributed by atoms with Crippen molar-refractivity contribution in [1.82, 2.24) is 10.6 Å². The second-order valence-electron chi connectivity index (χ2n) is 7.37. The Kier molecular flexibility index (Phi) is 8.48. The molecule has 0 aromatic heterocycles. The van der Waals surface area contributed by atoms with Crippen LogP contribution >= 0.6 is 0 Å². The fourth-order valence-electron chi connectivity index (χ4n) is 3.58. The maximum Gasteiger partial charge on any atom is 0.254 e. The standard InChI is InChI=1S/C20H29N3O8/c1-10-16(19(29)21-4-13(26)6-24)11(2)18(23-9-31-8-15(23)28)12(3)17(10)20(30)22-5-14(27)7-25/h13-14,24-27H,4-9H2,1-3H3,(H,21,29)(H,22,30). The SMILES string of the molecule is Cc1c(C(=O)NCC(O)CO)c(C)c(N2COCC2=O)c(C)c1C(=O)NCC(O)CO. The van der Waals surface area contributed by atoms with E-state index in [4.69, 9.17) is 14.9 Å². The number of benzene rings is 1. The van der Waals surface area contributed by atoms with Crippen molar-refractivity contribution >= 4 is 23.4 Å². The highest BCUT2D eigenvalue weighted by Gasteiger charge is 2.32. The van der Waals surface area contributed by atoms with E-state index in [0.717, 1.165) is 0 Å². The normalized spacial score (nSPS) is 15.7. The Balaban J connectivity index is 2.56. The molecular weight excluding hydrogens is 410 g/mol. The molecule has 172 valence electrons. The van der Waals surface area contributed by atoms with Gasteiger partial charge in [-0.05, 0) is 37.5 Å². The first-order chi connectivity index (χ1) is 14.6. The lowest BCUT2D eigenvalue weighted by Crippen LogP contribution is -2.37. The molecule has 1 aromatic carbocycles. The molecule has 0 aliphatic carbocycles. The van der Waals surface area contributed by atoms with Crippen LogP contribution in [0.25, 0.3) is 0 Å². The summed E-state index contributed by atoms with van der Waals surface area (Å²) in [6, 6.07) is 0. The van der Waals surface area contributed by atoms with Crippen LogP contribution in [-0.2, 0) is 9.53 Å². The number of carbonyl (C=O) groups excluding carboxylic acids is 3. The van der Waals surface area contributed by atoms with E-state index in [1.54, 1.807) is 20.8 Å². The first-order valence-electron chi connectivity index (χ1n) is 9.80. The molecule has 1 heterocycles. The fraction of sp³-hybridized carbons (Fsp3) is 0.550. The van der Waals surface area contributed by atoms with E-state index in [2.05, 4.69) is 10.6 Å². The molecule has 0 saturated carbocycles. The summed E-state index contributed by atoms with van der Waals surface area (Å²) < 4.78 is 5.21. The molecule has 2 unspecified atom stereocenters. The van der Waals surface area contributed by atoms with Crippen molar-refractivity contribution in [3.05, 3.63) is 27.8 Å². The third kappa shape index (κ3) is 5.38. The number of amides is 3. The number of carbonyl (C=O) groups is 3. The minimum Gasteiger partial charge on any atom is -0.394 e. The molecule has 11 heteroatoms. The number of nitrogens with one attached hydrogen (secondary N) is 2. The minimum absolute atomic E-state index is 0.0296. The Labute approximate surface area is 179 Å². The van der Waals surface area contributed by atoms with Crippen LogP contribution in [0.2, 0.25) is 0 Å². The number of aliphatic hydroxyl groups excluding tert-OH is 4. The number of rotatable bonds is 9. The molecule has 1 aromatic rings. The second-order valence-corrected chi connectivity index (χ2v) is 7.37. The van der Waals surface area contributed by atoms with Gasteiger partial charge in [0.05, 0.1) is 31.1 Å². The van der Waals surface area contributed by atoms with E-state index in [-0.39, 0.29) is 43.5 Å². The van der Waals surface area contributed by atoms with Crippen molar-refractivity contribution in [2.45, 2.75) is 33.0 Å². The minimum atomic E-state index is -1.15. The average molecular weight is 439 g/mol. The van der Waals surface area contributed by atoms with Gasteiger partial charge in [-0.25, -0.2) is 0 Å². The van der Waals surface area contributed by atoms with Crippen LogP contribution in [0.1, 0.15) is 37.4 Å². The van der Waals surface area contributed by atoms with Gasteiger partial charge in [-0.3, -0.25) is 19.3 Å². The highest BCUT2D eigenvalue weighted by atomic mass is 16.5. The summed E-state index contributed by atoms with van der Waals surface area (Å²) in [4.78, 5) is 39.5. The lowest BCUT2D eigenvalue weighted by molar-refractivity contribution is -0.117. The van der Waals surface area contributed by atoms with Gasteiger partial charge in [0, 0.05) is 24.2 Å². The predicted octanol–water partition coefficient (Wildman–Crippen LogP) is -1.90. The van der Waals surface area contributed by atoms with Gasteiger partial charge in [0.15, 0.2) is 0 Å². The molecule has 0 bridgehead atoms. The van der Waals surface area contributed by atoms with Gasteiger partial charge in [0.1, 0.15) is 13.3 Å². The third-order valence-electron chi connectivity index (χ3n) is 5.10. The molecule has 31 heavy (non-hydrogen) atoms. The van der Waals surface area contributed by atoms with Crippen LogP contribution in [0.5, 0.6) is 0 Å². The van der Waals surface area contributed by atoms with E-state index < -0.39 is 37.2 Å². The van der Waals surface area contributed by atoms with Crippen molar-refractivity contribution in [3.8, 4) is 0 Å². The van der Waals surface area contributed by atoms with Crippen molar-refractivity contribution in [3.63, 3.8) is 0 Å².